The van der Waals surface area contributed by atoms with Crippen molar-refractivity contribution in [3.63, 3.8) is 0 Å². The Morgan fingerprint density at radius 1 is 1.15 bits per heavy atom. The third kappa shape index (κ3) is 8.26. The van der Waals surface area contributed by atoms with Crippen LogP contribution in [0.2, 0.25) is 0 Å². The minimum atomic E-state index is -0.371. The van der Waals surface area contributed by atoms with Gasteiger partial charge in [-0.25, -0.2) is 4.39 Å². The lowest BCUT2D eigenvalue weighted by Crippen LogP contribution is -2.52. The van der Waals surface area contributed by atoms with Crippen molar-refractivity contribution in [2.45, 2.75) is 45.3 Å². The predicted molar refractivity (Wildman–Crippen MR) is 143 cm³/mol. The number of halogens is 2. The summed E-state index contributed by atoms with van der Waals surface area (Å²) in [5.41, 5.74) is 2.20. The zero-order chi connectivity index (χ0) is 22.9. The molecule has 1 heterocycles. The number of carbonyl (C=O) groups is 1. The average Bonchev–Trinajstić information content (AvgIpc) is 2.80. The van der Waals surface area contributed by atoms with E-state index in [1.54, 1.807) is 26.1 Å². The van der Waals surface area contributed by atoms with Gasteiger partial charge >= 0.3 is 0 Å². The zero-order valence-corrected chi connectivity index (χ0v) is 21.9. The van der Waals surface area contributed by atoms with Crippen molar-refractivity contribution >= 4 is 35.8 Å². The number of hydrogen-bond donors (Lipinski definition) is 3. The molecule has 6 nitrogen and oxygen atoms in total. The summed E-state index contributed by atoms with van der Waals surface area (Å²) < 4.78 is 13.6. The minimum absolute atomic E-state index is 0. The van der Waals surface area contributed by atoms with Gasteiger partial charge in [0.2, 0.25) is 0 Å². The molecule has 1 fully saturated rings. The second-order valence-corrected chi connectivity index (χ2v) is 8.39. The standard InChI is InChI=1S/C25H34FN5O.HI/c1-18-9-10-21(16-23(18)26)24(32)28-12-13-29-25(27-3)30-22-11-14-31(19(2)15-22)17-20-7-5-4-6-8-20;/h4-10,16,19,22H,11-15,17H2,1-3H3,(H,28,32)(H2,27,29,30);1H. The molecular weight excluding hydrogens is 532 g/mol. The molecule has 33 heavy (non-hydrogen) atoms. The highest BCUT2D eigenvalue weighted by atomic mass is 127. The molecule has 3 N–H and O–H groups in total. The van der Waals surface area contributed by atoms with E-state index < -0.39 is 0 Å². The van der Waals surface area contributed by atoms with Crippen molar-refractivity contribution in [1.82, 2.24) is 20.9 Å². The number of aryl methyl sites for hydroxylation is 1. The minimum Gasteiger partial charge on any atom is -0.355 e. The molecule has 1 amide bonds. The number of benzene rings is 2. The highest BCUT2D eigenvalue weighted by Gasteiger charge is 2.25. The van der Waals surface area contributed by atoms with Gasteiger partial charge in [0.25, 0.3) is 5.91 Å². The van der Waals surface area contributed by atoms with Gasteiger partial charge in [-0.1, -0.05) is 36.4 Å². The Morgan fingerprint density at radius 3 is 2.55 bits per heavy atom. The normalized spacial score (nSPS) is 18.8. The van der Waals surface area contributed by atoms with Gasteiger partial charge in [0.05, 0.1) is 0 Å². The highest BCUT2D eigenvalue weighted by Crippen LogP contribution is 2.19. The summed E-state index contributed by atoms with van der Waals surface area (Å²) in [7, 11) is 1.75. The van der Waals surface area contributed by atoms with Crippen molar-refractivity contribution in [1.29, 1.82) is 0 Å². The van der Waals surface area contributed by atoms with Crippen LogP contribution < -0.4 is 16.0 Å². The van der Waals surface area contributed by atoms with Crippen LogP contribution in [0.25, 0.3) is 0 Å². The molecule has 180 valence electrons. The quantitative estimate of drug-likeness (QED) is 0.207. The molecule has 2 aromatic carbocycles. The number of likely N-dealkylation sites (tertiary alicyclic amines) is 1. The SMILES string of the molecule is CN=C(NCCNC(=O)c1ccc(C)c(F)c1)NC1CCN(Cc2ccccc2)C(C)C1.I. The summed E-state index contributed by atoms with van der Waals surface area (Å²) >= 11 is 0. The molecule has 2 unspecified atom stereocenters. The van der Waals surface area contributed by atoms with Crippen LogP contribution in [0, 0.1) is 12.7 Å². The van der Waals surface area contributed by atoms with E-state index in [0.29, 0.717) is 36.3 Å². The van der Waals surface area contributed by atoms with E-state index >= 15 is 0 Å². The van der Waals surface area contributed by atoms with E-state index in [2.05, 4.69) is 63.1 Å². The first-order chi connectivity index (χ1) is 15.5. The number of rotatable bonds is 7. The van der Waals surface area contributed by atoms with Gasteiger partial charge in [-0.05, 0) is 49.9 Å². The summed E-state index contributed by atoms with van der Waals surface area (Å²) in [6.45, 7) is 6.91. The Morgan fingerprint density at radius 2 is 1.88 bits per heavy atom. The third-order valence-electron chi connectivity index (χ3n) is 5.94. The fraction of sp³-hybridized carbons (Fsp3) is 0.440. The first-order valence-corrected chi connectivity index (χ1v) is 11.3. The molecule has 1 saturated heterocycles. The maximum Gasteiger partial charge on any atom is 0.251 e. The Hall–Kier alpha value is -2.20. The van der Waals surface area contributed by atoms with Gasteiger partial charge in [-0.3, -0.25) is 14.7 Å². The van der Waals surface area contributed by atoms with Crippen molar-refractivity contribution in [2.75, 3.05) is 26.7 Å². The number of guanidine groups is 1. The molecule has 0 radical (unpaired) electrons. The number of aliphatic imine (C=N–C) groups is 1. The fourth-order valence-corrected chi connectivity index (χ4v) is 3.99. The third-order valence-corrected chi connectivity index (χ3v) is 5.94. The van der Waals surface area contributed by atoms with Gasteiger partial charge in [0.15, 0.2) is 5.96 Å². The summed E-state index contributed by atoms with van der Waals surface area (Å²) in [6, 6.07) is 15.9. The van der Waals surface area contributed by atoms with E-state index in [1.165, 1.54) is 11.6 Å². The first-order valence-electron chi connectivity index (χ1n) is 11.3. The number of nitrogens with one attached hydrogen (secondary N) is 3. The molecule has 0 aromatic heterocycles. The number of nitrogens with zero attached hydrogens (tertiary/aromatic N) is 2. The number of piperidine rings is 1. The first kappa shape index (κ1) is 27.0. The van der Waals surface area contributed by atoms with Crippen molar-refractivity contribution in [2.24, 2.45) is 4.99 Å². The molecule has 0 bridgehead atoms. The lowest BCUT2D eigenvalue weighted by atomic mass is 9.97. The molecule has 0 aliphatic carbocycles. The van der Waals surface area contributed by atoms with Gasteiger partial charge in [0, 0.05) is 50.9 Å². The second kappa shape index (κ2) is 13.5. The Bertz CT molecular complexity index is 924. The fourth-order valence-electron chi connectivity index (χ4n) is 3.99. The largest absolute Gasteiger partial charge is 0.355 e. The Kier molecular flexibility index (Phi) is 11.1. The lowest BCUT2D eigenvalue weighted by Gasteiger charge is -2.38. The number of carbonyl (C=O) groups excluding carboxylic acids is 1. The summed E-state index contributed by atoms with van der Waals surface area (Å²) in [4.78, 5) is 19.0. The van der Waals surface area contributed by atoms with Crippen LogP contribution in [0.15, 0.2) is 53.5 Å². The monoisotopic (exact) mass is 567 g/mol. The van der Waals surface area contributed by atoms with Crippen LogP contribution in [0.4, 0.5) is 4.39 Å². The molecule has 1 aliphatic rings. The van der Waals surface area contributed by atoms with Crippen LogP contribution >= 0.6 is 24.0 Å². The maximum atomic E-state index is 13.6. The molecular formula is C25H35FIN5O. The molecule has 8 heteroatoms. The van der Waals surface area contributed by atoms with E-state index in [-0.39, 0.29) is 35.7 Å². The summed E-state index contributed by atoms with van der Waals surface area (Å²) in [5.74, 6) is 0.0759. The van der Waals surface area contributed by atoms with E-state index in [9.17, 15) is 9.18 Å². The van der Waals surface area contributed by atoms with Crippen molar-refractivity contribution in [3.05, 3.63) is 71.0 Å². The summed E-state index contributed by atoms with van der Waals surface area (Å²) in [5, 5.41) is 9.56. The van der Waals surface area contributed by atoms with Crippen LogP contribution in [-0.2, 0) is 6.54 Å². The molecule has 0 spiro atoms. The Labute approximate surface area is 213 Å². The summed E-state index contributed by atoms with van der Waals surface area (Å²) in [6.07, 6.45) is 2.09. The Balaban J connectivity index is 0.00000385. The smallest absolute Gasteiger partial charge is 0.251 e. The maximum absolute atomic E-state index is 13.6. The molecule has 0 saturated carbocycles. The van der Waals surface area contributed by atoms with Crippen molar-refractivity contribution < 1.29 is 9.18 Å². The average molecular weight is 567 g/mol. The van der Waals surface area contributed by atoms with Crippen LogP contribution in [0.5, 0.6) is 0 Å². The van der Waals surface area contributed by atoms with E-state index in [4.69, 9.17) is 0 Å². The zero-order valence-electron chi connectivity index (χ0n) is 19.6. The number of hydrogen-bond acceptors (Lipinski definition) is 3. The van der Waals surface area contributed by atoms with Crippen LogP contribution in [0.3, 0.4) is 0 Å². The van der Waals surface area contributed by atoms with Gasteiger partial charge in [-0.2, -0.15) is 0 Å². The molecule has 3 rings (SSSR count). The van der Waals surface area contributed by atoms with E-state index in [1.807, 2.05) is 0 Å². The van der Waals surface area contributed by atoms with E-state index in [0.717, 1.165) is 31.9 Å². The van der Waals surface area contributed by atoms with Gasteiger partial charge < -0.3 is 16.0 Å². The van der Waals surface area contributed by atoms with Crippen molar-refractivity contribution in [3.8, 4) is 0 Å². The van der Waals surface area contributed by atoms with Crippen LogP contribution in [-0.4, -0.2) is 55.5 Å². The molecule has 2 aromatic rings. The predicted octanol–water partition coefficient (Wildman–Crippen LogP) is 3.70. The highest BCUT2D eigenvalue weighted by molar-refractivity contribution is 14.0. The second-order valence-electron chi connectivity index (χ2n) is 8.39. The van der Waals surface area contributed by atoms with Gasteiger partial charge in [0.1, 0.15) is 5.82 Å². The number of amides is 1. The van der Waals surface area contributed by atoms with Gasteiger partial charge in [-0.15, -0.1) is 24.0 Å². The molecule has 1 aliphatic heterocycles. The lowest BCUT2D eigenvalue weighted by molar-refractivity contribution is 0.0953. The topological polar surface area (TPSA) is 68.8 Å². The molecule has 2 atom stereocenters. The van der Waals surface area contributed by atoms with Crippen LogP contribution in [0.1, 0.15) is 41.3 Å².